The van der Waals surface area contributed by atoms with Gasteiger partial charge in [0.15, 0.2) is 0 Å². The van der Waals surface area contributed by atoms with Gasteiger partial charge in [0.25, 0.3) is 0 Å². The van der Waals surface area contributed by atoms with Crippen LogP contribution in [0, 0.1) is 6.92 Å². The molecule has 1 aliphatic rings. The van der Waals surface area contributed by atoms with Gasteiger partial charge in [-0.3, -0.25) is 0 Å². The molecule has 0 amide bonds. The van der Waals surface area contributed by atoms with Crippen LogP contribution >= 0.6 is 0 Å². The van der Waals surface area contributed by atoms with Gasteiger partial charge in [-0.15, -0.1) is 0 Å². The number of fused-ring (bicyclic) bond motifs is 1. The number of benzene rings is 1. The van der Waals surface area contributed by atoms with E-state index in [0.717, 1.165) is 17.9 Å². The highest BCUT2D eigenvalue weighted by Crippen LogP contribution is 2.29. The van der Waals surface area contributed by atoms with Gasteiger partial charge >= 0.3 is 0 Å². The first-order valence-corrected chi connectivity index (χ1v) is 7.16. The molecule has 2 unspecified atom stereocenters. The second kappa shape index (κ2) is 5.95. The van der Waals surface area contributed by atoms with Crippen molar-refractivity contribution in [2.24, 2.45) is 0 Å². The van der Waals surface area contributed by atoms with Crippen molar-refractivity contribution in [1.29, 1.82) is 0 Å². The SMILES string of the molecule is Cc1c(C(C)NCC2COCCO2)oc2ccccc12. The molecule has 0 radical (unpaired) electrons. The number of furan rings is 1. The smallest absolute Gasteiger partial charge is 0.134 e. The van der Waals surface area contributed by atoms with Gasteiger partial charge in [-0.2, -0.15) is 0 Å². The lowest BCUT2D eigenvalue weighted by molar-refractivity contribution is -0.0871. The molecule has 2 heterocycles. The quantitative estimate of drug-likeness (QED) is 0.932. The van der Waals surface area contributed by atoms with Crippen LogP contribution in [0.4, 0.5) is 0 Å². The average Bonchev–Trinajstić information content (AvgIpc) is 2.84. The minimum Gasteiger partial charge on any atom is -0.459 e. The van der Waals surface area contributed by atoms with E-state index in [4.69, 9.17) is 13.9 Å². The van der Waals surface area contributed by atoms with E-state index in [2.05, 4.69) is 25.2 Å². The van der Waals surface area contributed by atoms with Crippen LogP contribution in [0.2, 0.25) is 0 Å². The number of rotatable bonds is 4. The van der Waals surface area contributed by atoms with Crippen LogP contribution in [0.5, 0.6) is 0 Å². The molecule has 3 rings (SSSR count). The lowest BCUT2D eigenvalue weighted by Gasteiger charge is -2.24. The maximum Gasteiger partial charge on any atom is 0.134 e. The van der Waals surface area contributed by atoms with E-state index in [0.29, 0.717) is 19.8 Å². The number of nitrogens with one attached hydrogen (secondary N) is 1. The zero-order chi connectivity index (χ0) is 13.9. The Labute approximate surface area is 119 Å². The van der Waals surface area contributed by atoms with E-state index in [1.807, 2.05) is 18.2 Å². The fraction of sp³-hybridized carbons (Fsp3) is 0.500. The summed E-state index contributed by atoms with van der Waals surface area (Å²) in [7, 11) is 0. The molecule has 0 saturated carbocycles. The van der Waals surface area contributed by atoms with E-state index >= 15 is 0 Å². The summed E-state index contributed by atoms with van der Waals surface area (Å²) < 4.78 is 17.0. The van der Waals surface area contributed by atoms with E-state index in [9.17, 15) is 0 Å². The van der Waals surface area contributed by atoms with Gasteiger partial charge in [0.05, 0.1) is 32.0 Å². The zero-order valence-electron chi connectivity index (χ0n) is 12.0. The molecular weight excluding hydrogens is 254 g/mol. The van der Waals surface area contributed by atoms with Crippen molar-refractivity contribution in [2.75, 3.05) is 26.4 Å². The summed E-state index contributed by atoms with van der Waals surface area (Å²) in [5.74, 6) is 1.00. The molecule has 0 aliphatic carbocycles. The fourth-order valence-corrected chi connectivity index (χ4v) is 2.66. The largest absolute Gasteiger partial charge is 0.459 e. The first-order chi connectivity index (χ1) is 9.75. The Bertz CT molecular complexity index is 572. The first-order valence-electron chi connectivity index (χ1n) is 7.16. The van der Waals surface area contributed by atoms with Crippen molar-refractivity contribution in [3.63, 3.8) is 0 Å². The second-order valence-electron chi connectivity index (χ2n) is 5.29. The van der Waals surface area contributed by atoms with Gasteiger partial charge in [0, 0.05) is 11.9 Å². The molecule has 4 nitrogen and oxygen atoms in total. The molecule has 1 aromatic carbocycles. The van der Waals surface area contributed by atoms with Crippen molar-refractivity contribution in [2.45, 2.75) is 26.0 Å². The number of hydrogen-bond donors (Lipinski definition) is 1. The Hall–Kier alpha value is -1.36. The van der Waals surface area contributed by atoms with Crippen molar-refractivity contribution in [3.8, 4) is 0 Å². The Morgan fingerprint density at radius 1 is 1.30 bits per heavy atom. The summed E-state index contributed by atoms with van der Waals surface area (Å²) in [4.78, 5) is 0. The van der Waals surface area contributed by atoms with E-state index < -0.39 is 0 Å². The Morgan fingerprint density at radius 2 is 2.15 bits per heavy atom. The minimum atomic E-state index is 0.135. The van der Waals surface area contributed by atoms with Gasteiger partial charge in [-0.25, -0.2) is 0 Å². The van der Waals surface area contributed by atoms with Gasteiger partial charge in [0.1, 0.15) is 11.3 Å². The number of para-hydroxylation sites is 1. The number of ether oxygens (including phenoxy) is 2. The zero-order valence-corrected chi connectivity index (χ0v) is 12.0. The van der Waals surface area contributed by atoms with Crippen molar-refractivity contribution in [1.82, 2.24) is 5.32 Å². The van der Waals surface area contributed by atoms with Crippen LogP contribution in [-0.2, 0) is 9.47 Å². The predicted molar refractivity (Wildman–Crippen MR) is 77.9 cm³/mol. The van der Waals surface area contributed by atoms with Crippen LogP contribution in [0.15, 0.2) is 28.7 Å². The summed E-state index contributed by atoms with van der Waals surface area (Å²) >= 11 is 0. The highest BCUT2D eigenvalue weighted by Gasteiger charge is 2.19. The normalized spacial score (nSPS) is 21.2. The molecule has 0 spiro atoms. The Morgan fingerprint density at radius 3 is 2.90 bits per heavy atom. The molecule has 0 bridgehead atoms. The highest BCUT2D eigenvalue weighted by atomic mass is 16.6. The summed E-state index contributed by atoms with van der Waals surface area (Å²) in [6, 6.07) is 8.31. The van der Waals surface area contributed by atoms with Gasteiger partial charge in [-0.05, 0) is 25.5 Å². The predicted octanol–water partition coefficient (Wildman–Crippen LogP) is 2.81. The molecular formula is C16H21NO3. The van der Waals surface area contributed by atoms with Crippen LogP contribution in [0.3, 0.4) is 0 Å². The van der Waals surface area contributed by atoms with Crippen LogP contribution in [0.1, 0.15) is 24.3 Å². The lowest BCUT2D eigenvalue weighted by Crippen LogP contribution is -2.38. The monoisotopic (exact) mass is 275 g/mol. The third-order valence-corrected chi connectivity index (χ3v) is 3.81. The first kappa shape index (κ1) is 13.6. The molecule has 1 N–H and O–H groups in total. The Kier molecular flexibility index (Phi) is 4.05. The number of aryl methyl sites for hydroxylation is 1. The summed E-state index contributed by atoms with van der Waals surface area (Å²) in [6.45, 7) is 7.06. The van der Waals surface area contributed by atoms with Crippen LogP contribution < -0.4 is 5.32 Å². The van der Waals surface area contributed by atoms with Crippen molar-refractivity contribution < 1.29 is 13.9 Å². The van der Waals surface area contributed by atoms with Gasteiger partial charge in [-0.1, -0.05) is 18.2 Å². The molecule has 2 aromatic rings. The van der Waals surface area contributed by atoms with E-state index in [1.54, 1.807) is 0 Å². The molecule has 4 heteroatoms. The molecule has 20 heavy (non-hydrogen) atoms. The maximum atomic E-state index is 5.97. The summed E-state index contributed by atoms with van der Waals surface area (Å²) in [6.07, 6.45) is 0.135. The van der Waals surface area contributed by atoms with Crippen LogP contribution in [-0.4, -0.2) is 32.5 Å². The molecule has 1 fully saturated rings. The third-order valence-electron chi connectivity index (χ3n) is 3.81. The highest BCUT2D eigenvalue weighted by molar-refractivity contribution is 5.82. The van der Waals surface area contributed by atoms with Crippen molar-refractivity contribution in [3.05, 3.63) is 35.6 Å². The molecule has 1 saturated heterocycles. The van der Waals surface area contributed by atoms with E-state index in [-0.39, 0.29) is 12.1 Å². The second-order valence-corrected chi connectivity index (χ2v) is 5.29. The molecule has 108 valence electrons. The summed E-state index contributed by atoms with van der Waals surface area (Å²) in [5, 5.41) is 4.66. The van der Waals surface area contributed by atoms with Gasteiger partial charge in [0.2, 0.25) is 0 Å². The van der Waals surface area contributed by atoms with Crippen LogP contribution in [0.25, 0.3) is 11.0 Å². The third kappa shape index (κ3) is 2.73. The average molecular weight is 275 g/mol. The molecule has 1 aromatic heterocycles. The van der Waals surface area contributed by atoms with E-state index in [1.165, 1.54) is 10.9 Å². The maximum absolute atomic E-state index is 5.97. The number of hydrogen-bond acceptors (Lipinski definition) is 4. The minimum absolute atomic E-state index is 0.135. The van der Waals surface area contributed by atoms with Gasteiger partial charge < -0.3 is 19.2 Å². The standard InChI is InChI=1S/C16H21NO3/c1-11-14-5-3-4-6-15(14)20-16(11)12(2)17-9-13-10-18-7-8-19-13/h3-6,12-13,17H,7-10H2,1-2H3. The summed E-state index contributed by atoms with van der Waals surface area (Å²) in [5.41, 5.74) is 2.16. The molecule has 2 atom stereocenters. The topological polar surface area (TPSA) is 43.6 Å². The van der Waals surface area contributed by atoms with Crippen molar-refractivity contribution >= 4 is 11.0 Å². The fourth-order valence-electron chi connectivity index (χ4n) is 2.66. The lowest BCUT2D eigenvalue weighted by atomic mass is 10.1. The Balaban J connectivity index is 1.68. The molecule has 1 aliphatic heterocycles.